The zero-order valence-electron chi connectivity index (χ0n) is 38.4. The number of unbranched alkanes of at least 4 members (excludes halogenated alkanes) is 14. The lowest BCUT2D eigenvalue weighted by Crippen LogP contribution is -2.29. The first-order chi connectivity index (χ1) is 29.8. The largest absolute Gasteiger partial charge is 0.472 e. The van der Waals surface area contributed by atoms with Crippen LogP contribution >= 0.6 is 7.82 Å². The van der Waals surface area contributed by atoms with Gasteiger partial charge in [0, 0.05) is 19.4 Å². The van der Waals surface area contributed by atoms with Crippen molar-refractivity contribution in [1.29, 1.82) is 0 Å². The van der Waals surface area contributed by atoms with E-state index in [1.165, 1.54) is 38.5 Å². The molecule has 0 saturated carbocycles. The number of phosphoric acid groups is 1. The summed E-state index contributed by atoms with van der Waals surface area (Å²) in [7, 11) is -4.37. The molecule has 0 aromatic heterocycles. The van der Waals surface area contributed by atoms with E-state index < -0.39 is 32.5 Å². The summed E-state index contributed by atoms with van der Waals surface area (Å²) in [6.07, 6.45) is 60.8. The monoisotopic (exact) mass is 872 g/mol. The van der Waals surface area contributed by atoms with Gasteiger partial charge in [0.15, 0.2) is 6.10 Å². The van der Waals surface area contributed by atoms with Crippen molar-refractivity contribution in [2.45, 2.75) is 187 Å². The number of allylic oxidation sites excluding steroid dienone is 16. The zero-order chi connectivity index (χ0) is 44.6. The lowest BCUT2D eigenvalue weighted by molar-refractivity contribution is -0.161. The Labute approximate surface area is 372 Å². The minimum Gasteiger partial charge on any atom is -0.462 e. The molecule has 0 spiro atoms. The fraction of sp³-hybridized carbons (Fsp3) is 0.647. The van der Waals surface area contributed by atoms with E-state index in [-0.39, 0.29) is 32.6 Å². The third kappa shape index (κ3) is 46.3. The first-order valence-corrected chi connectivity index (χ1v) is 25.2. The summed E-state index contributed by atoms with van der Waals surface area (Å²) in [5.41, 5.74) is 5.33. The first-order valence-electron chi connectivity index (χ1n) is 23.7. The van der Waals surface area contributed by atoms with Gasteiger partial charge in [-0.1, -0.05) is 188 Å². The van der Waals surface area contributed by atoms with Crippen molar-refractivity contribution in [2.75, 3.05) is 26.4 Å². The molecule has 0 saturated heterocycles. The van der Waals surface area contributed by atoms with Gasteiger partial charge in [0.2, 0.25) is 0 Å². The Hall–Kier alpha value is -3.07. The summed E-state index contributed by atoms with van der Waals surface area (Å²) in [4.78, 5) is 34.5. The van der Waals surface area contributed by atoms with E-state index in [0.29, 0.717) is 6.42 Å². The quantitative estimate of drug-likeness (QED) is 0.0266. The van der Waals surface area contributed by atoms with E-state index in [4.69, 9.17) is 24.3 Å². The number of hydrogen-bond acceptors (Lipinski definition) is 8. The van der Waals surface area contributed by atoms with Crippen LogP contribution < -0.4 is 5.73 Å². The highest BCUT2D eigenvalue weighted by atomic mass is 31.2. The maximum Gasteiger partial charge on any atom is 0.472 e. The van der Waals surface area contributed by atoms with Crippen LogP contribution in [0.1, 0.15) is 181 Å². The zero-order valence-corrected chi connectivity index (χ0v) is 39.3. The second-order valence-electron chi connectivity index (χ2n) is 15.2. The maximum atomic E-state index is 12.5. The van der Waals surface area contributed by atoms with Crippen molar-refractivity contribution in [1.82, 2.24) is 0 Å². The van der Waals surface area contributed by atoms with E-state index in [0.717, 1.165) is 109 Å². The molecule has 0 bridgehead atoms. The fourth-order valence-electron chi connectivity index (χ4n) is 6.00. The minimum absolute atomic E-state index is 0.0490. The second-order valence-corrected chi connectivity index (χ2v) is 16.7. The summed E-state index contributed by atoms with van der Waals surface area (Å²) in [5.74, 6) is -0.854. The molecule has 348 valence electrons. The lowest BCUT2D eigenvalue weighted by atomic mass is 10.0. The molecule has 0 radical (unpaired) electrons. The molecule has 10 heteroatoms. The molecule has 61 heavy (non-hydrogen) atoms. The number of ether oxygens (including phenoxy) is 2. The molecule has 0 rings (SSSR count). The fourth-order valence-corrected chi connectivity index (χ4v) is 6.77. The van der Waals surface area contributed by atoms with Gasteiger partial charge in [0.25, 0.3) is 0 Å². The van der Waals surface area contributed by atoms with Gasteiger partial charge in [-0.15, -0.1) is 0 Å². The number of esters is 2. The number of hydrogen-bond donors (Lipinski definition) is 2. The molecular weight excluding hydrogens is 786 g/mol. The van der Waals surface area contributed by atoms with E-state index in [1.54, 1.807) is 0 Å². The predicted molar refractivity (Wildman–Crippen MR) is 256 cm³/mol. The molecule has 0 heterocycles. The van der Waals surface area contributed by atoms with Crippen molar-refractivity contribution < 1.29 is 37.6 Å². The molecule has 2 unspecified atom stereocenters. The van der Waals surface area contributed by atoms with Crippen LogP contribution in [0.2, 0.25) is 0 Å². The third-order valence-electron chi connectivity index (χ3n) is 9.48. The predicted octanol–water partition coefficient (Wildman–Crippen LogP) is 14.2. The smallest absolute Gasteiger partial charge is 0.462 e. The molecule has 3 N–H and O–H groups in total. The second kappa shape index (κ2) is 46.4. The molecule has 2 atom stereocenters. The summed E-state index contributed by atoms with van der Waals surface area (Å²) in [5, 5.41) is 0. The molecule has 0 aliphatic carbocycles. The first kappa shape index (κ1) is 57.9. The number of nitrogens with two attached hydrogens (primary N) is 1. The van der Waals surface area contributed by atoms with Crippen molar-refractivity contribution in [3.63, 3.8) is 0 Å². The Morgan fingerprint density at radius 2 is 0.902 bits per heavy atom. The van der Waals surface area contributed by atoms with Gasteiger partial charge in [-0.25, -0.2) is 4.57 Å². The highest BCUT2D eigenvalue weighted by Gasteiger charge is 2.26. The lowest BCUT2D eigenvalue weighted by Gasteiger charge is -2.19. The van der Waals surface area contributed by atoms with Crippen LogP contribution in [0.15, 0.2) is 97.2 Å². The van der Waals surface area contributed by atoms with Gasteiger partial charge in [-0.3, -0.25) is 18.6 Å². The molecular formula is C51H86NO8P. The maximum absolute atomic E-state index is 12.5. The van der Waals surface area contributed by atoms with Crippen molar-refractivity contribution in [3.8, 4) is 0 Å². The van der Waals surface area contributed by atoms with Gasteiger partial charge in [-0.2, -0.15) is 0 Å². The average molecular weight is 872 g/mol. The number of rotatable bonds is 43. The Kier molecular flexibility index (Phi) is 44.1. The standard InChI is InChI=1S/C51H86NO8P/c1-3-5-7-9-10-11-12-13-14-15-16-17-18-19-20-21-22-23-24-25-26-27-28-29-30-31-32-33-34-35-36-37-38-40-42-44-51(54)60-49(48-59-61(55,56)58-46-45-52)47-57-50(53)43-41-39-8-6-4-2/h5,7,10-11,13-14,16-17,19-20,22-23,25-26,28-29,49H,3-4,6,8-9,12,15,18,21,24,27,30-48,52H2,1-2H3,(H,55,56)/b7-5-,11-10-,14-13-,17-16-,20-19-,23-22-,26-25-,29-28-. The van der Waals surface area contributed by atoms with Crippen LogP contribution in [0.25, 0.3) is 0 Å². The van der Waals surface area contributed by atoms with Crippen LogP contribution in [0.3, 0.4) is 0 Å². The summed E-state index contributed by atoms with van der Waals surface area (Å²) < 4.78 is 32.5. The van der Waals surface area contributed by atoms with Crippen LogP contribution in [-0.2, 0) is 32.7 Å². The highest BCUT2D eigenvalue weighted by molar-refractivity contribution is 7.47. The molecule has 0 fully saturated rings. The summed E-state index contributed by atoms with van der Waals surface area (Å²) >= 11 is 0. The van der Waals surface area contributed by atoms with E-state index >= 15 is 0 Å². The van der Waals surface area contributed by atoms with Gasteiger partial charge in [-0.05, 0) is 77.0 Å². The van der Waals surface area contributed by atoms with Crippen molar-refractivity contribution in [3.05, 3.63) is 97.2 Å². The molecule has 0 amide bonds. The molecule has 0 aromatic carbocycles. The van der Waals surface area contributed by atoms with Crippen LogP contribution in [0.5, 0.6) is 0 Å². The van der Waals surface area contributed by atoms with Crippen LogP contribution in [-0.4, -0.2) is 49.3 Å². The Morgan fingerprint density at radius 1 is 0.508 bits per heavy atom. The summed E-state index contributed by atoms with van der Waals surface area (Å²) in [6, 6.07) is 0. The molecule has 0 aliphatic rings. The Morgan fingerprint density at radius 3 is 1.34 bits per heavy atom. The topological polar surface area (TPSA) is 134 Å². The Bertz CT molecular complexity index is 1320. The SMILES string of the molecule is CC/C=C\C/C=C\C/C=C\C/C=C\C/C=C\C/C=C\C/C=C\C/C=C\CCCCCCCCCCCCC(=O)OC(COC(=O)CCCCCCC)COP(=O)(O)OCCN. The molecule has 0 aromatic rings. The minimum atomic E-state index is -4.37. The summed E-state index contributed by atoms with van der Waals surface area (Å²) in [6.45, 7) is 3.49. The van der Waals surface area contributed by atoms with E-state index in [2.05, 4.69) is 111 Å². The Balaban J connectivity index is 3.88. The highest BCUT2D eigenvalue weighted by Crippen LogP contribution is 2.43. The van der Waals surface area contributed by atoms with Gasteiger partial charge < -0.3 is 20.1 Å². The number of phosphoric ester groups is 1. The normalized spacial score (nSPS) is 14.1. The number of carbonyl (C=O) groups excluding carboxylic acids is 2. The number of carbonyl (C=O) groups is 2. The third-order valence-corrected chi connectivity index (χ3v) is 10.5. The van der Waals surface area contributed by atoms with Crippen LogP contribution in [0.4, 0.5) is 0 Å². The van der Waals surface area contributed by atoms with Gasteiger partial charge in [0.1, 0.15) is 6.61 Å². The molecule has 9 nitrogen and oxygen atoms in total. The van der Waals surface area contributed by atoms with Gasteiger partial charge >= 0.3 is 19.8 Å². The van der Waals surface area contributed by atoms with Gasteiger partial charge in [0.05, 0.1) is 13.2 Å². The van der Waals surface area contributed by atoms with Crippen molar-refractivity contribution in [2.24, 2.45) is 5.73 Å². The van der Waals surface area contributed by atoms with E-state index in [1.807, 2.05) is 0 Å². The van der Waals surface area contributed by atoms with Crippen molar-refractivity contribution >= 4 is 19.8 Å². The van der Waals surface area contributed by atoms with Crippen LogP contribution in [0, 0.1) is 0 Å². The molecule has 0 aliphatic heterocycles. The van der Waals surface area contributed by atoms with E-state index in [9.17, 15) is 19.0 Å². The average Bonchev–Trinajstić information content (AvgIpc) is 3.25.